The molecule has 1 rings (SSSR count). The van der Waals surface area contributed by atoms with Gasteiger partial charge in [0.15, 0.2) is 0 Å². The van der Waals surface area contributed by atoms with Crippen molar-refractivity contribution in [1.29, 1.82) is 0 Å². The summed E-state index contributed by atoms with van der Waals surface area (Å²) < 4.78 is 0. The molecule has 1 aliphatic rings. The molecular formula is C18H32. The minimum Gasteiger partial charge on any atom is -0.0885 e. The second kappa shape index (κ2) is 12.9. The number of hydrogen-bond acceptors (Lipinski definition) is 0. The predicted molar refractivity (Wildman–Crippen MR) is 82.9 cm³/mol. The summed E-state index contributed by atoms with van der Waals surface area (Å²) in [5.74, 6) is 0. The highest BCUT2D eigenvalue weighted by Crippen LogP contribution is 2.11. The first kappa shape index (κ1) is 15.5. The molecule has 104 valence electrons. The van der Waals surface area contributed by atoms with Gasteiger partial charge in [-0.15, -0.1) is 0 Å². The van der Waals surface area contributed by atoms with Gasteiger partial charge in [-0.3, -0.25) is 0 Å². The third-order valence-electron chi connectivity index (χ3n) is 3.82. The second-order valence-electron chi connectivity index (χ2n) is 5.63. The maximum absolute atomic E-state index is 2.41. The summed E-state index contributed by atoms with van der Waals surface area (Å²) in [5, 5.41) is 0. The number of rotatable bonds is 0. The van der Waals surface area contributed by atoms with Crippen molar-refractivity contribution < 1.29 is 0 Å². The van der Waals surface area contributed by atoms with Gasteiger partial charge >= 0.3 is 0 Å². The van der Waals surface area contributed by atoms with Crippen molar-refractivity contribution in [2.75, 3.05) is 0 Å². The van der Waals surface area contributed by atoms with E-state index < -0.39 is 0 Å². The molecule has 0 aliphatic heterocycles. The molecule has 0 saturated carbocycles. The fourth-order valence-corrected chi connectivity index (χ4v) is 2.58. The molecule has 0 amide bonds. The van der Waals surface area contributed by atoms with Crippen LogP contribution < -0.4 is 0 Å². The van der Waals surface area contributed by atoms with Gasteiger partial charge in [-0.25, -0.2) is 0 Å². The van der Waals surface area contributed by atoms with Gasteiger partial charge in [0.1, 0.15) is 0 Å². The Morgan fingerprint density at radius 2 is 0.500 bits per heavy atom. The van der Waals surface area contributed by atoms with Crippen LogP contribution in [0.4, 0.5) is 0 Å². The van der Waals surface area contributed by atoms with Gasteiger partial charge in [0.2, 0.25) is 0 Å². The Hall–Kier alpha value is -0.520. The van der Waals surface area contributed by atoms with Crippen LogP contribution in [0, 0.1) is 0 Å². The minimum absolute atomic E-state index is 1.30. The molecule has 0 aromatic heterocycles. The largest absolute Gasteiger partial charge is 0.0885 e. The van der Waals surface area contributed by atoms with Crippen molar-refractivity contribution in [1.82, 2.24) is 0 Å². The first-order chi connectivity index (χ1) is 9.00. The smallest absolute Gasteiger partial charge is 0.0351 e. The zero-order valence-electron chi connectivity index (χ0n) is 12.2. The van der Waals surface area contributed by atoms with Crippen molar-refractivity contribution in [2.45, 2.75) is 89.9 Å². The molecule has 18 heavy (non-hydrogen) atoms. The Bertz CT molecular complexity index is 190. The van der Waals surface area contributed by atoms with E-state index in [4.69, 9.17) is 0 Å². The lowest BCUT2D eigenvalue weighted by Crippen LogP contribution is -1.81. The number of hydrogen-bond donors (Lipinski definition) is 0. The van der Waals surface area contributed by atoms with Crippen LogP contribution in [-0.4, -0.2) is 0 Å². The molecule has 0 nitrogen and oxygen atoms in total. The Kier molecular flexibility index (Phi) is 11.2. The summed E-state index contributed by atoms with van der Waals surface area (Å²) in [7, 11) is 0. The maximum Gasteiger partial charge on any atom is -0.0351 e. The van der Waals surface area contributed by atoms with Crippen LogP contribution >= 0.6 is 0 Å². The standard InChI is InChI=1S/C18H32/c1-2-4-6-8-10-12-14-16-18-17-15-13-11-9-7-5-3-1/h1-2,13,15H,3-12,14,16-18H2. The van der Waals surface area contributed by atoms with Crippen LogP contribution in [0.25, 0.3) is 0 Å². The minimum atomic E-state index is 1.30. The van der Waals surface area contributed by atoms with Gasteiger partial charge in [0, 0.05) is 0 Å². The van der Waals surface area contributed by atoms with Crippen LogP contribution in [0.2, 0.25) is 0 Å². The van der Waals surface area contributed by atoms with E-state index in [1.54, 1.807) is 0 Å². The molecular weight excluding hydrogens is 216 g/mol. The van der Waals surface area contributed by atoms with Crippen LogP contribution in [0.1, 0.15) is 89.9 Å². The van der Waals surface area contributed by atoms with Gasteiger partial charge in [0.05, 0.1) is 0 Å². The molecule has 1 aliphatic carbocycles. The molecule has 0 aromatic carbocycles. The van der Waals surface area contributed by atoms with E-state index in [1.165, 1.54) is 89.9 Å². The Labute approximate surface area is 115 Å². The highest BCUT2D eigenvalue weighted by Gasteiger charge is 1.92. The first-order valence-corrected chi connectivity index (χ1v) is 8.30. The van der Waals surface area contributed by atoms with Crippen LogP contribution in [0.5, 0.6) is 0 Å². The quantitative estimate of drug-likeness (QED) is 0.425. The molecule has 0 N–H and O–H groups in total. The average Bonchev–Trinajstić information content (AvgIpc) is 2.39. The molecule has 0 spiro atoms. The number of allylic oxidation sites excluding steroid dienone is 4. The van der Waals surface area contributed by atoms with Crippen LogP contribution in [0.3, 0.4) is 0 Å². The monoisotopic (exact) mass is 248 g/mol. The molecule has 0 heterocycles. The topological polar surface area (TPSA) is 0 Å². The summed E-state index contributed by atoms with van der Waals surface area (Å²) >= 11 is 0. The van der Waals surface area contributed by atoms with E-state index in [0.717, 1.165) is 0 Å². The lowest BCUT2D eigenvalue weighted by molar-refractivity contribution is 0.582. The van der Waals surface area contributed by atoms with E-state index >= 15 is 0 Å². The predicted octanol–water partition coefficient (Wildman–Crippen LogP) is 6.57. The zero-order chi connectivity index (χ0) is 12.7. The molecule has 0 aromatic rings. The highest BCUT2D eigenvalue weighted by molar-refractivity contribution is 4.83. The third-order valence-corrected chi connectivity index (χ3v) is 3.82. The average molecular weight is 248 g/mol. The summed E-state index contributed by atoms with van der Waals surface area (Å²) in [4.78, 5) is 0. The molecule has 0 atom stereocenters. The first-order valence-electron chi connectivity index (χ1n) is 8.30. The van der Waals surface area contributed by atoms with E-state index in [0.29, 0.717) is 0 Å². The van der Waals surface area contributed by atoms with Gasteiger partial charge in [0.25, 0.3) is 0 Å². The lowest BCUT2D eigenvalue weighted by atomic mass is 10.1. The van der Waals surface area contributed by atoms with Crippen molar-refractivity contribution in [3.63, 3.8) is 0 Å². The molecule has 0 unspecified atom stereocenters. The third kappa shape index (κ3) is 10.6. The molecule has 0 saturated heterocycles. The summed E-state index contributed by atoms with van der Waals surface area (Å²) in [6.45, 7) is 0. The fraction of sp³-hybridized carbons (Fsp3) is 0.778. The van der Waals surface area contributed by atoms with Crippen molar-refractivity contribution >= 4 is 0 Å². The second-order valence-corrected chi connectivity index (χ2v) is 5.63. The SMILES string of the molecule is C1=CCCCCCCCCCC=CCCCCC1. The molecule has 0 bridgehead atoms. The van der Waals surface area contributed by atoms with Gasteiger partial charge in [-0.05, 0) is 51.4 Å². The van der Waals surface area contributed by atoms with Gasteiger partial charge in [-0.1, -0.05) is 62.8 Å². The molecule has 0 fully saturated rings. The lowest BCUT2D eigenvalue weighted by Gasteiger charge is -2.01. The summed E-state index contributed by atoms with van der Waals surface area (Å²) in [6, 6.07) is 0. The van der Waals surface area contributed by atoms with Crippen molar-refractivity contribution in [2.24, 2.45) is 0 Å². The Balaban J connectivity index is 2.12. The van der Waals surface area contributed by atoms with Crippen molar-refractivity contribution in [3.05, 3.63) is 24.3 Å². The summed E-state index contributed by atoms with van der Waals surface area (Å²) in [5.41, 5.74) is 0. The van der Waals surface area contributed by atoms with E-state index in [2.05, 4.69) is 24.3 Å². The van der Waals surface area contributed by atoms with E-state index in [1.807, 2.05) is 0 Å². The summed E-state index contributed by atoms with van der Waals surface area (Å²) in [6.07, 6.45) is 29.0. The maximum atomic E-state index is 2.41. The normalized spacial score (nSPS) is 22.2. The van der Waals surface area contributed by atoms with Gasteiger partial charge < -0.3 is 0 Å². The molecule has 0 radical (unpaired) electrons. The fourth-order valence-electron chi connectivity index (χ4n) is 2.58. The Morgan fingerprint density at radius 3 is 0.833 bits per heavy atom. The van der Waals surface area contributed by atoms with Gasteiger partial charge in [-0.2, -0.15) is 0 Å². The zero-order valence-corrected chi connectivity index (χ0v) is 12.2. The van der Waals surface area contributed by atoms with Crippen molar-refractivity contribution in [3.8, 4) is 0 Å². The Morgan fingerprint density at radius 1 is 0.278 bits per heavy atom. The van der Waals surface area contributed by atoms with E-state index in [-0.39, 0.29) is 0 Å². The van der Waals surface area contributed by atoms with Crippen LogP contribution in [-0.2, 0) is 0 Å². The van der Waals surface area contributed by atoms with E-state index in [9.17, 15) is 0 Å². The van der Waals surface area contributed by atoms with Crippen LogP contribution in [0.15, 0.2) is 24.3 Å². The molecule has 0 heteroatoms. The highest BCUT2D eigenvalue weighted by atomic mass is 14.0.